The first-order valence-electron chi connectivity index (χ1n) is 3.93. The Labute approximate surface area is 75.4 Å². The van der Waals surface area contributed by atoms with E-state index in [-0.39, 0.29) is 6.01 Å². The van der Waals surface area contributed by atoms with Gasteiger partial charge < -0.3 is 10.2 Å². The van der Waals surface area contributed by atoms with Crippen molar-refractivity contribution < 1.29 is 4.42 Å². The summed E-state index contributed by atoms with van der Waals surface area (Å²) in [6.07, 6.45) is 5.79. The van der Waals surface area contributed by atoms with Crippen molar-refractivity contribution in [2.75, 3.05) is 5.73 Å². The first kappa shape index (κ1) is 7.79. The third-order valence-electron chi connectivity index (χ3n) is 1.70. The van der Waals surface area contributed by atoms with Gasteiger partial charge in [0.15, 0.2) is 0 Å². The van der Waals surface area contributed by atoms with Gasteiger partial charge in [0.2, 0.25) is 0 Å². The van der Waals surface area contributed by atoms with Gasteiger partial charge in [0, 0.05) is 18.8 Å². The van der Waals surface area contributed by atoms with E-state index < -0.39 is 0 Å². The Morgan fingerprint density at radius 3 is 2.69 bits per heavy atom. The van der Waals surface area contributed by atoms with Crippen LogP contribution in [0.5, 0.6) is 0 Å². The van der Waals surface area contributed by atoms with Gasteiger partial charge in [0.25, 0.3) is 6.01 Å². The maximum absolute atomic E-state index is 5.34. The lowest BCUT2D eigenvalue weighted by Crippen LogP contribution is -1.89. The molecule has 66 valence electrons. The van der Waals surface area contributed by atoms with Crippen LogP contribution in [0.2, 0.25) is 0 Å². The molecule has 2 aromatic rings. The second-order valence-corrected chi connectivity index (χ2v) is 2.71. The second-order valence-electron chi connectivity index (χ2n) is 2.71. The minimum Gasteiger partial charge on any atom is -0.432 e. The van der Waals surface area contributed by atoms with E-state index in [1.54, 1.807) is 18.7 Å². The maximum atomic E-state index is 5.34. The molecule has 4 nitrogen and oxygen atoms in total. The van der Waals surface area contributed by atoms with Gasteiger partial charge in [-0.15, -0.1) is 0 Å². The smallest absolute Gasteiger partial charge is 0.292 e. The van der Waals surface area contributed by atoms with Crippen molar-refractivity contribution in [3.05, 3.63) is 42.0 Å². The second kappa shape index (κ2) is 3.26. The number of nitrogens with two attached hydrogens (primary N) is 1. The van der Waals surface area contributed by atoms with Gasteiger partial charge in [-0.1, -0.05) is 0 Å². The minimum atomic E-state index is 0.212. The fraction of sp³-hybridized carbons (Fsp3) is 0.111. The molecule has 0 aliphatic rings. The Morgan fingerprint density at radius 1 is 1.31 bits per heavy atom. The average Bonchev–Trinajstić information content (AvgIpc) is 2.53. The van der Waals surface area contributed by atoms with Crippen molar-refractivity contribution in [1.29, 1.82) is 0 Å². The number of oxazole rings is 1. The highest BCUT2D eigenvalue weighted by molar-refractivity contribution is 5.20. The summed E-state index contributed by atoms with van der Waals surface area (Å²) in [4.78, 5) is 7.92. The molecular weight excluding hydrogens is 166 g/mol. The van der Waals surface area contributed by atoms with E-state index in [0.29, 0.717) is 0 Å². The molecule has 2 rings (SSSR count). The van der Waals surface area contributed by atoms with Crippen molar-refractivity contribution in [2.24, 2.45) is 0 Å². The quantitative estimate of drug-likeness (QED) is 0.745. The molecule has 0 aliphatic carbocycles. The lowest BCUT2D eigenvalue weighted by atomic mass is 10.2. The standard InChI is InChI=1S/C9H9N3O/c10-9-12-8(6-13-9)5-7-1-3-11-4-2-7/h1-4,6H,5H2,(H2,10,12). The molecule has 0 bridgehead atoms. The van der Waals surface area contributed by atoms with Crippen LogP contribution in [0.4, 0.5) is 6.01 Å². The number of anilines is 1. The molecule has 0 radical (unpaired) electrons. The highest BCUT2D eigenvalue weighted by Gasteiger charge is 2.00. The Balaban J connectivity index is 2.15. The van der Waals surface area contributed by atoms with E-state index in [1.807, 2.05) is 12.1 Å². The topological polar surface area (TPSA) is 64.9 Å². The van der Waals surface area contributed by atoms with Crippen LogP contribution in [0.1, 0.15) is 11.3 Å². The summed E-state index contributed by atoms with van der Waals surface area (Å²) >= 11 is 0. The van der Waals surface area contributed by atoms with Gasteiger partial charge in [0.05, 0.1) is 5.69 Å². The maximum Gasteiger partial charge on any atom is 0.292 e. The summed E-state index contributed by atoms with van der Waals surface area (Å²) in [5.41, 5.74) is 7.32. The minimum absolute atomic E-state index is 0.212. The van der Waals surface area contributed by atoms with Gasteiger partial charge in [-0.3, -0.25) is 4.98 Å². The zero-order valence-corrected chi connectivity index (χ0v) is 6.97. The van der Waals surface area contributed by atoms with Gasteiger partial charge >= 0.3 is 0 Å². The summed E-state index contributed by atoms with van der Waals surface area (Å²) in [5, 5.41) is 0. The Hall–Kier alpha value is -1.84. The normalized spacial score (nSPS) is 10.2. The lowest BCUT2D eigenvalue weighted by Gasteiger charge is -1.94. The van der Waals surface area contributed by atoms with Crippen molar-refractivity contribution in [3.63, 3.8) is 0 Å². The number of rotatable bonds is 2. The SMILES string of the molecule is Nc1nc(Cc2ccncc2)co1. The van der Waals surface area contributed by atoms with Gasteiger partial charge in [-0.25, -0.2) is 0 Å². The Bertz CT molecular complexity index is 383. The van der Waals surface area contributed by atoms with Crippen LogP contribution in [0.15, 0.2) is 35.2 Å². The van der Waals surface area contributed by atoms with E-state index >= 15 is 0 Å². The molecule has 0 saturated carbocycles. The molecule has 0 spiro atoms. The molecule has 0 amide bonds. The van der Waals surface area contributed by atoms with Crippen molar-refractivity contribution >= 4 is 6.01 Å². The van der Waals surface area contributed by atoms with Crippen LogP contribution in [-0.4, -0.2) is 9.97 Å². The molecule has 0 aliphatic heterocycles. The number of nitrogen functional groups attached to an aromatic ring is 1. The van der Waals surface area contributed by atoms with E-state index in [9.17, 15) is 0 Å². The highest BCUT2D eigenvalue weighted by Crippen LogP contribution is 2.08. The fourth-order valence-corrected chi connectivity index (χ4v) is 1.11. The average molecular weight is 175 g/mol. The monoisotopic (exact) mass is 175 g/mol. The van der Waals surface area contributed by atoms with Gasteiger partial charge in [-0.05, 0) is 17.7 Å². The summed E-state index contributed by atoms with van der Waals surface area (Å²) < 4.78 is 4.89. The lowest BCUT2D eigenvalue weighted by molar-refractivity contribution is 0.579. The molecule has 2 aromatic heterocycles. The van der Waals surface area contributed by atoms with E-state index in [1.165, 1.54) is 0 Å². The number of hydrogen-bond acceptors (Lipinski definition) is 4. The molecular formula is C9H9N3O. The summed E-state index contributed by atoms with van der Waals surface area (Å²) in [5.74, 6) is 0. The molecule has 4 heteroatoms. The van der Waals surface area contributed by atoms with Crippen LogP contribution in [0, 0.1) is 0 Å². The first-order valence-corrected chi connectivity index (χ1v) is 3.93. The zero-order valence-electron chi connectivity index (χ0n) is 6.97. The van der Waals surface area contributed by atoms with Crippen LogP contribution in [0.25, 0.3) is 0 Å². The predicted octanol–water partition coefficient (Wildman–Crippen LogP) is 1.24. The van der Waals surface area contributed by atoms with E-state index in [2.05, 4.69) is 9.97 Å². The van der Waals surface area contributed by atoms with Gasteiger partial charge in [-0.2, -0.15) is 4.98 Å². The first-order chi connectivity index (χ1) is 6.34. The molecule has 0 aromatic carbocycles. The number of pyridine rings is 1. The number of nitrogens with zero attached hydrogens (tertiary/aromatic N) is 2. The fourth-order valence-electron chi connectivity index (χ4n) is 1.11. The predicted molar refractivity (Wildman–Crippen MR) is 48.0 cm³/mol. The molecule has 0 unspecified atom stereocenters. The summed E-state index contributed by atoms with van der Waals surface area (Å²) in [6, 6.07) is 4.08. The van der Waals surface area contributed by atoms with Crippen LogP contribution in [0.3, 0.4) is 0 Å². The molecule has 0 saturated heterocycles. The van der Waals surface area contributed by atoms with Crippen LogP contribution < -0.4 is 5.73 Å². The van der Waals surface area contributed by atoms with E-state index in [0.717, 1.165) is 17.7 Å². The Kier molecular flexibility index (Phi) is 1.96. The number of aromatic nitrogens is 2. The van der Waals surface area contributed by atoms with Gasteiger partial charge in [0.1, 0.15) is 6.26 Å². The number of hydrogen-bond donors (Lipinski definition) is 1. The molecule has 0 atom stereocenters. The van der Waals surface area contributed by atoms with Crippen LogP contribution >= 0.6 is 0 Å². The van der Waals surface area contributed by atoms with Crippen molar-refractivity contribution in [3.8, 4) is 0 Å². The summed E-state index contributed by atoms with van der Waals surface area (Å²) in [6.45, 7) is 0. The zero-order chi connectivity index (χ0) is 9.10. The largest absolute Gasteiger partial charge is 0.432 e. The van der Waals surface area contributed by atoms with Crippen LogP contribution in [-0.2, 0) is 6.42 Å². The molecule has 0 fully saturated rings. The molecule has 13 heavy (non-hydrogen) atoms. The molecule has 2 N–H and O–H groups in total. The summed E-state index contributed by atoms with van der Waals surface area (Å²) in [7, 11) is 0. The van der Waals surface area contributed by atoms with Crippen molar-refractivity contribution in [2.45, 2.75) is 6.42 Å². The van der Waals surface area contributed by atoms with Crippen molar-refractivity contribution in [1.82, 2.24) is 9.97 Å². The third-order valence-corrected chi connectivity index (χ3v) is 1.70. The Morgan fingerprint density at radius 2 is 2.08 bits per heavy atom. The highest BCUT2D eigenvalue weighted by atomic mass is 16.4. The van der Waals surface area contributed by atoms with E-state index in [4.69, 9.17) is 10.2 Å². The third kappa shape index (κ3) is 1.84. The molecule has 2 heterocycles.